The first kappa shape index (κ1) is 24.5. The Morgan fingerprint density at radius 3 is 2.50 bits per heavy atom. The zero-order valence-corrected chi connectivity index (χ0v) is 18.9. The lowest BCUT2D eigenvalue weighted by molar-refractivity contribution is -0.385. The molecule has 178 valence electrons. The van der Waals surface area contributed by atoms with E-state index in [9.17, 15) is 23.3 Å². The van der Waals surface area contributed by atoms with Crippen LogP contribution in [-0.2, 0) is 24.4 Å². The maximum absolute atomic E-state index is 12.8. The second-order valence-corrected chi connectivity index (χ2v) is 8.38. The van der Waals surface area contributed by atoms with Crippen molar-refractivity contribution in [2.45, 2.75) is 10.5 Å². The largest absolute Gasteiger partial charge is 0.504 e. The van der Waals surface area contributed by atoms with E-state index in [0.29, 0.717) is 0 Å². The SMILES string of the molecule is CO/C=C(/C(=O)OC)C1(Oc2ccccc2OS(=O)(=O)c2cccc([N+](=O)[O-])c2)C=CC=NC1. The lowest BCUT2D eigenvalue weighted by Crippen LogP contribution is -2.44. The fourth-order valence-corrected chi connectivity index (χ4v) is 4.04. The van der Waals surface area contributed by atoms with Crippen LogP contribution < -0.4 is 8.92 Å². The Labute approximate surface area is 195 Å². The van der Waals surface area contributed by atoms with Crippen molar-refractivity contribution in [1.29, 1.82) is 0 Å². The number of hydrogen-bond acceptors (Lipinski definition) is 10. The predicted octanol–water partition coefficient (Wildman–Crippen LogP) is 2.82. The van der Waals surface area contributed by atoms with E-state index in [4.69, 9.17) is 18.4 Å². The number of rotatable bonds is 9. The van der Waals surface area contributed by atoms with E-state index in [-0.39, 0.29) is 23.6 Å². The molecule has 3 rings (SSSR count). The molecule has 0 N–H and O–H groups in total. The summed E-state index contributed by atoms with van der Waals surface area (Å²) < 4.78 is 46.9. The second kappa shape index (κ2) is 10.2. The van der Waals surface area contributed by atoms with Gasteiger partial charge in [-0.15, -0.1) is 0 Å². The molecule has 1 aliphatic heterocycles. The maximum Gasteiger partial charge on any atom is 0.341 e. The van der Waals surface area contributed by atoms with Gasteiger partial charge >= 0.3 is 16.1 Å². The highest BCUT2D eigenvalue weighted by Gasteiger charge is 2.41. The summed E-state index contributed by atoms with van der Waals surface area (Å²) in [6.45, 7) is -0.0419. The average molecular weight is 488 g/mol. The van der Waals surface area contributed by atoms with Gasteiger partial charge in [0.15, 0.2) is 17.1 Å². The number of aliphatic imine (C=N–C) groups is 1. The van der Waals surface area contributed by atoms with Crippen molar-refractivity contribution in [1.82, 2.24) is 0 Å². The fourth-order valence-electron chi connectivity index (χ4n) is 3.06. The van der Waals surface area contributed by atoms with Crippen LogP contribution in [0.1, 0.15) is 0 Å². The first-order valence-corrected chi connectivity index (χ1v) is 11.1. The van der Waals surface area contributed by atoms with E-state index in [1.54, 1.807) is 18.2 Å². The minimum atomic E-state index is -4.47. The molecule has 2 aromatic carbocycles. The fraction of sp³-hybridized carbons (Fsp3) is 0.182. The quantitative estimate of drug-likeness (QED) is 0.130. The second-order valence-electron chi connectivity index (χ2n) is 6.84. The lowest BCUT2D eigenvalue weighted by atomic mass is 9.92. The van der Waals surface area contributed by atoms with Gasteiger partial charge in [0.25, 0.3) is 5.69 Å². The molecule has 12 heteroatoms. The number of ether oxygens (including phenoxy) is 3. The van der Waals surface area contributed by atoms with E-state index >= 15 is 0 Å². The number of benzene rings is 2. The van der Waals surface area contributed by atoms with Crippen LogP contribution in [-0.4, -0.2) is 51.9 Å². The summed E-state index contributed by atoms with van der Waals surface area (Å²) in [5, 5.41) is 11.0. The van der Waals surface area contributed by atoms with Gasteiger partial charge in [-0.1, -0.05) is 18.2 Å². The summed E-state index contributed by atoms with van der Waals surface area (Å²) in [5.74, 6) is -0.992. The Kier molecular flexibility index (Phi) is 7.31. The molecule has 1 unspecified atom stereocenters. The van der Waals surface area contributed by atoms with Crippen LogP contribution in [0.5, 0.6) is 11.5 Å². The Balaban J connectivity index is 2.01. The van der Waals surface area contributed by atoms with Crippen molar-refractivity contribution in [3.05, 3.63) is 82.6 Å². The highest BCUT2D eigenvalue weighted by atomic mass is 32.2. The zero-order valence-electron chi connectivity index (χ0n) is 18.1. The molecule has 1 heterocycles. The van der Waals surface area contributed by atoms with Crippen LogP contribution in [0.25, 0.3) is 0 Å². The topological polar surface area (TPSA) is 144 Å². The molecule has 0 amide bonds. The van der Waals surface area contributed by atoms with Crippen molar-refractivity contribution in [2.24, 2.45) is 4.99 Å². The molecule has 1 aliphatic rings. The maximum atomic E-state index is 12.8. The molecule has 0 saturated carbocycles. The number of nitro benzene ring substituents is 1. The third-order valence-corrected chi connectivity index (χ3v) is 5.87. The summed E-state index contributed by atoms with van der Waals surface area (Å²) in [7, 11) is -1.93. The van der Waals surface area contributed by atoms with Gasteiger partial charge in [-0.25, -0.2) is 4.79 Å². The Hall–Kier alpha value is -4.19. The smallest absolute Gasteiger partial charge is 0.341 e. The summed E-state index contributed by atoms with van der Waals surface area (Å²) in [6, 6.07) is 10.3. The van der Waals surface area contributed by atoms with Gasteiger partial charge in [-0.3, -0.25) is 15.1 Å². The summed E-state index contributed by atoms with van der Waals surface area (Å²) >= 11 is 0. The van der Waals surface area contributed by atoms with Gasteiger partial charge in [-0.2, -0.15) is 8.42 Å². The monoisotopic (exact) mass is 488 g/mol. The number of carbonyl (C=O) groups excluding carboxylic acids is 1. The molecular weight excluding hydrogens is 468 g/mol. The first-order chi connectivity index (χ1) is 16.2. The molecule has 0 radical (unpaired) electrons. The van der Waals surface area contributed by atoms with Crippen molar-refractivity contribution in [3.8, 4) is 11.5 Å². The van der Waals surface area contributed by atoms with Crippen LogP contribution in [0.15, 0.2) is 82.4 Å². The molecular formula is C22H20N2O9S. The first-order valence-electron chi connectivity index (χ1n) is 9.69. The third kappa shape index (κ3) is 5.23. The van der Waals surface area contributed by atoms with E-state index in [0.717, 1.165) is 18.4 Å². The molecule has 0 saturated heterocycles. The van der Waals surface area contributed by atoms with Gasteiger partial charge in [0.05, 0.1) is 31.9 Å². The van der Waals surface area contributed by atoms with Crippen LogP contribution in [0.4, 0.5) is 5.69 Å². The van der Waals surface area contributed by atoms with E-state index < -0.39 is 37.2 Å². The Morgan fingerprint density at radius 1 is 1.15 bits per heavy atom. The number of methoxy groups -OCH3 is 2. The highest BCUT2D eigenvalue weighted by Crippen LogP contribution is 2.36. The molecule has 0 aromatic heterocycles. The number of non-ortho nitro benzene ring substituents is 1. The molecule has 11 nitrogen and oxygen atoms in total. The van der Waals surface area contributed by atoms with Crippen LogP contribution in [0.2, 0.25) is 0 Å². The summed E-state index contributed by atoms with van der Waals surface area (Å²) in [4.78, 5) is 26.5. The van der Waals surface area contributed by atoms with Crippen molar-refractivity contribution < 1.29 is 36.5 Å². The Morgan fingerprint density at radius 2 is 1.88 bits per heavy atom. The molecule has 0 aliphatic carbocycles. The van der Waals surface area contributed by atoms with E-state index in [1.807, 2.05) is 0 Å². The van der Waals surface area contributed by atoms with Gasteiger partial charge in [-0.05, 0) is 30.4 Å². The normalized spacial score (nSPS) is 17.6. The molecule has 34 heavy (non-hydrogen) atoms. The average Bonchev–Trinajstić information content (AvgIpc) is 2.83. The van der Waals surface area contributed by atoms with Crippen LogP contribution in [0.3, 0.4) is 0 Å². The van der Waals surface area contributed by atoms with Gasteiger partial charge < -0.3 is 18.4 Å². The van der Waals surface area contributed by atoms with Crippen molar-refractivity contribution in [3.63, 3.8) is 0 Å². The minimum Gasteiger partial charge on any atom is -0.504 e. The van der Waals surface area contributed by atoms with Crippen LogP contribution >= 0.6 is 0 Å². The molecule has 0 spiro atoms. The lowest BCUT2D eigenvalue weighted by Gasteiger charge is -2.32. The number of hydrogen-bond donors (Lipinski definition) is 0. The van der Waals surface area contributed by atoms with E-state index in [2.05, 4.69) is 4.99 Å². The predicted molar refractivity (Wildman–Crippen MR) is 120 cm³/mol. The number of para-hydroxylation sites is 2. The molecule has 1 atom stereocenters. The molecule has 2 aromatic rings. The zero-order chi connectivity index (χ0) is 24.8. The standard InChI is InChI=1S/C22H20N2O9S/c1-30-14-18(21(25)31-2)22(11-6-12-23-15-22)32-19-9-3-4-10-20(19)33-34(28,29)17-8-5-7-16(13-17)24(26)27/h3-14H,15H2,1-2H3/b18-14-. The van der Waals surface area contributed by atoms with E-state index in [1.165, 1.54) is 50.8 Å². The van der Waals surface area contributed by atoms with Crippen LogP contribution in [0, 0.1) is 10.1 Å². The number of nitro groups is 1. The number of allylic oxidation sites excluding steroid dienone is 1. The van der Waals surface area contributed by atoms with Crippen molar-refractivity contribution in [2.75, 3.05) is 20.8 Å². The number of dihydropyridines is 1. The minimum absolute atomic E-state index is 0.0260. The number of carbonyl (C=O) groups is 1. The number of nitrogens with zero attached hydrogens (tertiary/aromatic N) is 2. The summed E-state index contributed by atoms with van der Waals surface area (Å²) in [6.07, 6.45) is 5.77. The highest BCUT2D eigenvalue weighted by molar-refractivity contribution is 7.87. The van der Waals surface area contributed by atoms with Gasteiger partial charge in [0.2, 0.25) is 0 Å². The number of esters is 1. The summed E-state index contributed by atoms with van der Waals surface area (Å²) in [5.41, 5.74) is -1.93. The van der Waals surface area contributed by atoms with Gasteiger partial charge in [0.1, 0.15) is 10.5 Å². The van der Waals surface area contributed by atoms with Crippen molar-refractivity contribution >= 4 is 28.0 Å². The Bertz CT molecular complexity index is 1280. The third-order valence-electron chi connectivity index (χ3n) is 4.64. The molecule has 0 fully saturated rings. The van der Waals surface area contributed by atoms with Gasteiger partial charge in [0, 0.05) is 18.3 Å². The molecule has 0 bridgehead atoms.